The monoisotopic (exact) mass is 296 g/mol. The number of ether oxygens (including phenoxy) is 1. The number of halogens is 1. The van der Waals surface area contributed by atoms with Gasteiger partial charge in [0.2, 0.25) is 0 Å². The summed E-state index contributed by atoms with van der Waals surface area (Å²) in [6.07, 6.45) is 0. The molecule has 0 N–H and O–H groups in total. The Morgan fingerprint density at radius 2 is 1.68 bits per heavy atom. The average molecular weight is 296 g/mol. The molecule has 1 aromatic heterocycles. The summed E-state index contributed by atoms with van der Waals surface area (Å²) in [6.45, 7) is 1.75. The van der Waals surface area contributed by atoms with Crippen LogP contribution in [-0.4, -0.2) is 15.9 Å². The summed E-state index contributed by atoms with van der Waals surface area (Å²) in [5.74, 6) is -1.32. The Labute approximate surface area is 126 Å². The predicted octanol–water partition coefficient (Wildman–Crippen LogP) is 3.43. The molecule has 0 spiro atoms. The van der Waals surface area contributed by atoms with Gasteiger partial charge in [0.05, 0.1) is 28.0 Å². The number of esters is 1. The molecule has 2 aromatic carbocycles. The van der Waals surface area contributed by atoms with Crippen molar-refractivity contribution in [3.8, 4) is 0 Å². The van der Waals surface area contributed by atoms with E-state index < -0.39 is 11.8 Å². The van der Waals surface area contributed by atoms with Gasteiger partial charge in [-0.25, -0.2) is 19.2 Å². The van der Waals surface area contributed by atoms with Gasteiger partial charge in [0.15, 0.2) is 0 Å². The lowest BCUT2D eigenvalue weighted by molar-refractivity contribution is 0.0461. The SMILES string of the molecule is Cc1nc2ccccc2nc1COC(=O)c1ccccc1F. The third-order valence-electron chi connectivity index (χ3n) is 3.28. The van der Waals surface area contributed by atoms with Crippen molar-refractivity contribution in [3.63, 3.8) is 0 Å². The largest absolute Gasteiger partial charge is 0.455 e. The lowest BCUT2D eigenvalue weighted by Crippen LogP contribution is -2.09. The van der Waals surface area contributed by atoms with Crippen molar-refractivity contribution in [2.45, 2.75) is 13.5 Å². The second-order valence-corrected chi connectivity index (χ2v) is 4.80. The van der Waals surface area contributed by atoms with Gasteiger partial charge in [0.1, 0.15) is 12.4 Å². The van der Waals surface area contributed by atoms with Crippen LogP contribution in [0.2, 0.25) is 0 Å². The molecule has 0 aliphatic carbocycles. The van der Waals surface area contributed by atoms with Gasteiger partial charge >= 0.3 is 5.97 Å². The Hall–Kier alpha value is -2.82. The van der Waals surface area contributed by atoms with E-state index in [4.69, 9.17) is 4.74 Å². The molecule has 5 heteroatoms. The van der Waals surface area contributed by atoms with E-state index in [-0.39, 0.29) is 12.2 Å². The molecule has 0 amide bonds. The van der Waals surface area contributed by atoms with Gasteiger partial charge in [0.25, 0.3) is 0 Å². The lowest BCUT2D eigenvalue weighted by Gasteiger charge is -2.08. The number of para-hydroxylation sites is 2. The quantitative estimate of drug-likeness (QED) is 0.695. The molecule has 110 valence electrons. The Kier molecular flexibility index (Phi) is 3.78. The van der Waals surface area contributed by atoms with Gasteiger partial charge < -0.3 is 4.74 Å². The first-order chi connectivity index (χ1) is 10.6. The molecule has 3 aromatic rings. The summed E-state index contributed by atoms with van der Waals surface area (Å²) in [7, 11) is 0. The zero-order valence-corrected chi connectivity index (χ0v) is 11.9. The summed E-state index contributed by atoms with van der Waals surface area (Å²) in [4.78, 5) is 20.7. The normalized spacial score (nSPS) is 10.6. The van der Waals surface area contributed by atoms with Crippen molar-refractivity contribution in [1.82, 2.24) is 9.97 Å². The number of aryl methyl sites for hydroxylation is 1. The maximum Gasteiger partial charge on any atom is 0.341 e. The minimum absolute atomic E-state index is 0.0448. The van der Waals surface area contributed by atoms with Crippen molar-refractivity contribution in [3.05, 3.63) is 71.3 Å². The minimum Gasteiger partial charge on any atom is -0.455 e. The first-order valence-corrected chi connectivity index (χ1v) is 6.79. The number of carbonyl (C=O) groups is 1. The summed E-state index contributed by atoms with van der Waals surface area (Å²) >= 11 is 0. The zero-order chi connectivity index (χ0) is 15.5. The number of aromatic nitrogens is 2. The Balaban J connectivity index is 1.80. The zero-order valence-electron chi connectivity index (χ0n) is 11.9. The van der Waals surface area contributed by atoms with Crippen molar-refractivity contribution < 1.29 is 13.9 Å². The predicted molar refractivity (Wildman–Crippen MR) is 79.8 cm³/mol. The molecule has 0 radical (unpaired) electrons. The van der Waals surface area contributed by atoms with Crippen LogP contribution in [0.5, 0.6) is 0 Å². The van der Waals surface area contributed by atoms with E-state index in [2.05, 4.69) is 9.97 Å². The molecular weight excluding hydrogens is 283 g/mol. The minimum atomic E-state index is -0.715. The topological polar surface area (TPSA) is 52.1 Å². The highest BCUT2D eigenvalue weighted by atomic mass is 19.1. The van der Waals surface area contributed by atoms with E-state index >= 15 is 0 Å². The van der Waals surface area contributed by atoms with Crippen LogP contribution in [0.25, 0.3) is 11.0 Å². The molecule has 0 aliphatic rings. The molecule has 3 rings (SSSR count). The molecule has 0 saturated heterocycles. The molecule has 0 atom stereocenters. The van der Waals surface area contributed by atoms with E-state index in [9.17, 15) is 9.18 Å². The number of carbonyl (C=O) groups excluding carboxylic acids is 1. The number of benzene rings is 2. The number of rotatable bonds is 3. The van der Waals surface area contributed by atoms with Crippen molar-refractivity contribution in [1.29, 1.82) is 0 Å². The Bertz CT molecular complexity index is 849. The van der Waals surface area contributed by atoms with Gasteiger partial charge in [-0.15, -0.1) is 0 Å². The van der Waals surface area contributed by atoms with Gasteiger partial charge in [-0.1, -0.05) is 24.3 Å². The molecule has 0 bridgehead atoms. The standard InChI is InChI=1S/C17H13FN2O2/c1-11-16(20-15-9-5-4-8-14(15)19-11)10-22-17(21)12-6-2-3-7-13(12)18/h2-9H,10H2,1H3. The van der Waals surface area contributed by atoms with Crippen LogP contribution in [0, 0.1) is 12.7 Å². The molecule has 0 aliphatic heterocycles. The fourth-order valence-electron chi connectivity index (χ4n) is 2.10. The van der Waals surface area contributed by atoms with Crippen molar-refractivity contribution >= 4 is 17.0 Å². The van der Waals surface area contributed by atoms with Crippen LogP contribution >= 0.6 is 0 Å². The Morgan fingerprint density at radius 3 is 2.41 bits per heavy atom. The number of nitrogens with zero attached hydrogens (tertiary/aromatic N) is 2. The summed E-state index contributed by atoms with van der Waals surface area (Å²) in [5.41, 5.74) is 2.66. The second-order valence-electron chi connectivity index (χ2n) is 4.80. The summed E-state index contributed by atoms with van der Waals surface area (Å²) in [5, 5.41) is 0. The third-order valence-corrected chi connectivity index (χ3v) is 3.28. The van der Waals surface area contributed by atoms with Crippen LogP contribution in [-0.2, 0) is 11.3 Å². The fourth-order valence-corrected chi connectivity index (χ4v) is 2.10. The molecule has 4 nitrogen and oxygen atoms in total. The van der Waals surface area contributed by atoms with Gasteiger partial charge in [-0.2, -0.15) is 0 Å². The maximum absolute atomic E-state index is 13.5. The molecule has 1 heterocycles. The molecule has 0 saturated carbocycles. The molecule has 22 heavy (non-hydrogen) atoms. The number of hydrogen-bond acceptors (Lipinski definition) is 4. The molecular formula is C17H13FN2O2. The first kappa shape index (κ1) is 14.1. The fraction of sp³-hybridized carbons (Fsp3) is 0.118. The van der Waals surface area contributed by atoms with Gasteiger partial charge in [-0.05, 0) is 31.2 Å². The highest BCUT2D eigenvalue weighted by Gasteiger charge is 2.14. The summed E-state index contributed by atoms with van der Waals surface area (Å²) < 4.78 is 18.7. The first-order valence-electron chi connectivity index (χ1n) is 6.79. The second kappa shape index (κ2) is 5.89. The highest BCUT2D eigenvalue weighted by Crippen LogP contribution is 2.14. The summed E-state index contributed by atoms with van der Waals surface area (Å²) in [6, 6.07) is 13.2. The molecule has 0 fully saturated rings. The van der Waals surface area contributed by atoms with Crippen LogP contribution < -0.4 is 0 Å². The third kappa shape index (κ3) is 2.79. The molecule has 0 unspecified atom stereocenters. The number of hydrogen-bond donors (Lipinski definition) is 0. The van der Waals surface area contributed by atoms with Crippen LogP contribution in [0.15, 0.2) is 48.5 Å². The van der Waals surface area contributed by atoms with E-state index in [0.717, 1.165) is 11.0 Å². The smallest absolute Gasteiger partial charge is 0.341 e. The van der Waals surface area contributed by atoms with Crippen molar-refractivity contribution in [2.24, 2.45) is 0 Å². The lowest BCUT2D eigenvalue weighted by atomic mass is 10.2. The van der Waals surface area contributed by atoms with Gasteiger partial charge in [0, 0.05) is 0 Å². The highest BCUT2D eigenvalue weighted by molar-refractivity contribution is 5.89. The maximum atomic E-state index is 13.5. The Morgan fingerprint density at radius 1 is 1.05 bits per heavy atom. The van der Waals surface area contributed by atoms with E-state index in [1.807, 2.05) is 24.3 Å². The van der Waals surface area contributed by atoms with Crippen LogP contribution in [0.1, 0.15) is 21.7 Å². The van der Waals surface area contributed by atoms with E-state index in [1.165, 1.54) is 18.2 Å². The number of fused-ring (bicyclic) bond motifs is 1. The van der Waals surface area contributed by atoms with E-state index in [1.54, 1.807) is 13.0 Å². The van der Waals surface area contributed by atoms with E-state index in [0.29, 0.717) is 11.4 Å². The van der Waals surface area contributed by atoms with Crippen LogP contribution in [0.3, 0.4) is 0 Å². The average Bonchev–Trinajstić information content (AvgIpc) is 2.53. The van der Waals surface area contributed by atoms with Gasteiger partial charge in [-0.3, -0.25) is 0 Å². The van der Waals surface area contributed by atoms with Crippen molar-refractivity contribution in [2.75, 3.05) is 0 Å². The van der Waals surface area contributed by atoms with Crippen LogP contribution in [0.4, 0.5) is 4.39 Å².